The van der Waals surface area contributed by atoms with E-state index in [0.717, 1.165) is 12.0 Å². The fraction of sp³-hybridized carbons (Fsp3) is 0.417. The summed E-state index contributed by atoms with van der Waals surface area (Å²) in [6.45, 7) is 4.96. The molecule has 0 aromatic heterocycles. The Balaban J connectivity index is 2.00. The molecule has 0 saturated carbocycles. The van der Waals surface area contributed by atoms with E-state index < -0.39 is 5.97 Å². The molecule has 0 aliphatic rings. The highest BCUT2D eigenvalue weighted by Gasteiger charge is 2.13. The van der Waals surface area contributed by atoms with Crippen molar-refractivity contribution >= 4 is 11.9 Å². The van der Waals surface area contributed by atoms with E-state index in [4.69, 9.17) is 18.9 Å². The minimum absolute atomic E-state index is 0.253. The third kappa shape index (κ3) is 7.37. The van der Waals surface area contributed by atoms with Gasteiger partial charge in [0.1, 0.15) is 0 Å². The quantitative estimate of drug-likeness (QED) is 0.499. The molecule has 2 aromatic carbocycles. The van der Waals surface area contributed by atoms with Crippen molar-refractivity contribution in [3.05, 3.63) is 47.5 Å². The third-order valence-electron chi connectivity index (χ3n) is 4.63. The summed E-state index contributed by atoms with van der Waals surface area (Å²) in [6, 6.07) is 10.3. The van der Waals surface area contributed by atoms with Gasteiger partial charge in [-0.2, -0.15) is 0 Å². The van der Waals surface area contributed by atoms with E-state index in [1.165, 1.54) is 14.2 Å². The minimum Gasteiger partial charge on any atom is -0.493 e. The number of benzene rings is 2. The third-order valence-corrected chi connectivity index (χ3v) is 4.63. The number of carbonyl (C=O) groups is 2. The Labute approximate surface area is 188 Å². The summed E-state index contributed by atoms with van der Waals surface area (Å²) < 4.78 is 26.4. The smallest absolute Gasteiger partial charge is 0.343 e. The van der Waals surface area contributed by atoms with Gasteiger partial charge >= 0.3 is 5.97 Å². The van der Waals surface area contributed by atoms with Crippen LogP contribution in [0.1, 0.15) is 36.2 Å². The molecular formula is C24H31NO7. The van der Waals surface area contributed by atoms with Crippen molar-refractivity contribution in [1.82, 2.24) is 5.32 Å². The first-order valence-electron chi connectivity index (χ1n) is 10.3. The summed E-state index contributed by atoms with van der Waals surface area (Å²) >= 11 is 0. The molecule has 1 amide bonds. The van der Waals surface area contributed by atoms with Gasteiger partial charge < -0.3 is 29.0 Å². The van der Waals surface area contributed by atoms with E-state index in [-0.39, 0.29) is 12.5 Å². The number of hydrogen-bond acceptors (Lipinski definition) is 7. The van der Waals surface area contributed by atoms with E-state index in [9.17, 15) is 9.59 Å². The van der Waals surface area contributed by atoms with Crippen LogP contribution >= 0.6 is 0 Å². The number of rotatable bonds is 12. The number of nitrogens with one attached hydrogen (secondary N) is 1. The van der Waals surface area contributed by atoms with Crippen LogP contribution in [-0.4, -0.2) is 46.4 Å². The molecule has 32 heavy (non-hydrogen) atoms. The average Bonchev–Trinajstić information content (AvgIpc) is 2.80. The SMILES string of the molecule is COC(=O)COc1ccc(C(=O)NCc2ccc(OCCC(C)C)c(OC)c2)cc1OC. The highest BCUT2D eigenvalue weighted by Crippen LogP contribution is 2.29. The van der Waals surface area contributed by atoms with Crippen LogP contribution < -0.4 is 24.3 Å². The Kier molecular flexibility index (Phi) is 9.66. The lowest BCUT2D eigenvalue weighted by Gasteiger charge is -2.14. The normalized spacial score (nSPS) is 10.4. The molecule has 8 heteroatoms. The maximum absolute atomic E-state index is 12.6. The molecule has 0 bridgehead atoms. The van der Waals surface area contributed by atoms with Crippen molar-refractivity contribution in [2.45, 2.75) is 26.8 Å². The summed E-state index contributed by atoms with van der Waals surface area (Å²) in [5.41, 5.74) is 1.27. The van der Waals surface area contributed by atoms with Gasteiger partial charge in [0.2, 0.25) is 0 Å². The minimum atomic E-state index is -0.513. The maximum Gasteiger partial charge on any atom is 0.343 e. The zero-order valence-corrected chi connectivity index (χ0v) is 19.2. The second kappa shape index (κ2) is 12.4. The molecule has 0 fully saturated rings. The summed E-state index contributed by atoms with van der Waals surface area (Å²) in [5.74, 6) is 1.74. The number of methoxy groups -OCH3 is 3. The van der Waals surface area contributed by atoms with Gasteiger partial charge in [-0.25, -0.2) is 4.79 Å². The number of ether oxygens (including phenoxy) is 5. The van der Waals surface area contributed by atoms with E-state index in [2.05, 4.69) is 23.9 Å². The van der Waals surface area contributed by atoms with Crippen LogP contribution in [0.4, 0.5) is 0 Å². The summed E-state index contributed by atoms with van der Waals surface area (Å²) in [4.78, 5) is 23.9. The van der Waals surface area contributed by atoms with Crippen LogP contribution in [0.25, 0.3) is 0 Å². The van der Waals surface area contributed by atoms with Gasteiger partial charge in [0.25, 0.3) is 5.91 Å². The van der Waals surface area contributed by atoms with Crippen LogP contribution in [0, 0.1) is 5.92 Å². The molecule has 2 rings (SSSR count). The second-order valence-corrected chi connectivity index (χ2v) is 7.43. The zero-order chi connectivity index (χ0) is 23.5. The first-order valence-corrected chi connectivity index (χ1v) is 10.3. The molecule has 0 spiro atoms. The number of amides is 1. The van der Waals surface area contributed by atoms with Gasteiger partial charge in [-0.1, -0.05) is 19.9 Å². The van der Waals surface area contributed by atoms with E-state index in [0.29, 0.717) is 47.6 Å². The molecule has 0 atom stereocenters. The fourth-order valence-electron chi connectivity index (χ4n) is 2.75. The highest BCUT2D eigenvalue weighted by atomic mass is 16.6. The average molecular weight is 446 g/mol. The molecule has 0 heterocycles. The Morgan fingerprint density at radius 2 is 1.53 bits per heavy atom. The van der Waals surface area contributed by atoms with Crippen molar-refractivity contribution in [1.29, 1.82) is 0 Å². The van der Waals surface area contributed by atoms with Crippen molar-refractivity contribution in [2.75, 3.05) is 34.5 Å². The topological polar surface area (TPSA) is 92.3 Å². The molecule has 0 saturated heterocycles. The first kappa shape index (κ1) is 24.8. The highest BCUT2D eigenvalue weighted by molar-refractivity contribution is 5.94. The van der Waals surface area contributed by atoms with Crippen LogP contribution in [0.3, 0.4) is 0 Å². The van der Waals surface area contributed by atoms with Gasteiger partial charge in [0.05, 0.1) is 27.9 Å². The number of carbonyl (C=O) groups excluding carboxylic acids is 2. The monoisotopic (exact) mass is 445 g/mol. The predicted octanol–water partition coefficient (Wildman–Crippen LogP) is 3.61. The standard InChI is InChI=1S/C24H31NO7/c1-16(2)10-11-31-19-8-6-17(12-21(19)28-3)14-25-24(27)18-7-9-20(22(13-18)29-4)32-15-23(26)30-5/h6-9,12-13,16H,10-11,14-15H2,1-5H3,(H,25,27). The second-order valence-electron chi connectivity index (χ2n) is 7.43. The van der Waals surface area contributed by atoms with Gasteiger partial charge in [0.15, 0.2) is 29.6 Å². The molecule has 0 unspecified atom stereocenters. The Hall–Kier alpha value is -3.42. The van der Waals surface area contributed by atoms with Crippen LogP contribution in [0.15, 0.2) is 36.4 Å². The Morgan fingerprint density at radius 1 is 0.875 bits per heavy atom. The van der Waals surface area contributed by atoms with E-state index in [1.807, 2.05) is 18.2 Å². The lowest BCUT2D eigenvalue weighted by molar-refractivity contribution is -0.142. The largest absolute Gasteiger partial charge is 0.493 e. The van der Waals surface area contributed by atoms with E-state index in [1.54, 1.807) is 25.3 Å². The molecule has 2 aromatic rings. The summed E-state index contributed by atoms with van der Waals surface area (Å²) in [5, 5.41) is 2.87. The van der Waals surface area contributed by atoms with Crippen molar-refractivity contribution in [3.63, 3.8) is 0 Å². The molecule has 0 aliphatic carbocycles. The molecule has 174 valence electrons. The van der Waals surface area contributed by atoms with Crippen molar-refractivity contribution < 1.29 is 33.3 Å². The van der Waals surface area contributed by atoms with Gasteiger partial charge in [0, 0.05) is 12.1 Å². The van der Waals surface area contributed by atoms with Gasteiger partial charge in [-0.15, -0.1) is 0 Å². The van der Waals surface area contributed by atoms with Crippen molar-refractivity contribution in [2.24, 2.45) is 5.92 Å². The fourth-order valence-corrected chi connectivity index (χ4v) is 2.75. The zero-order valence-electron chi connectivity index (χ0n) is 19.2. The summed E-state index contributed by atoms with van der Waals surface area (Å²) in [6.07, 6.45) is 0.955. The Morgan fingerprint density at radius 3 is 2.19 bits per heavy atom. The first-order chi connectivity index (χ1) is 15.4. The summed E-state index contributed by atoms with van der Waals surface area (Å²) in [7, 11) is 4.32. The predicted molar refractivity (Wildman–Crippen MR) is 120 cm³/mol. The lowest BCUT2D eigenvalue weighted by Crippen LogP contribution is -2.23. The number of hydrogen-bond donors (Lipinski definition) is 1. The van der Waals surface area contributed by atoms with Gasteiger partial charge in [-0.3, -0.25) is 4.79 Å². The van der Waals surface area contributed by atoms with Crippen molar-refractivity contribution in [3.8, 4) is 23.0 Å². The molecule has 0 aliphatic heterocycles. The molecule has 1 N–H and O–H groups in total. The number of esters is 1. The Bertz CT molecular complexity index is 911. The van der Waals surface area contributed by atoms with Gasteiger partial charge in [-0.05, 0) is 48.2 Å². The van der Waals surface area contributed by atoms with Crippen LogP contribution in [-0.2, 0) is 16.1 Å². The van der Waals surface area contributed by atoms with Crippen LogP contribution in [0.5, 0.6) is 23.0 Å². The molecule has 8 nitrogen and oxygen atoms in total. The molecule has 0 radical (unpaired) electrons. The van der Waals surface area contributed by atoms with Crippen LogP contribution in [0.2, 0.25) is 0 Å². The van der Waals surface area contributed by atoms with E-state index >= 15 is 0 Å². The maximum atomic E-state index is 12.6. The lowest BCUT2D eigenvalue weighted by atomic mass is 10.1. The molecular weight excluding hydrogens is 414 g/mol.